The van der Waals surface area contributed by atoms with Gasteiger partial charge in [0.05, 0.1) is 0 Å². The second-order valence-electron chi connectivity index (χ2n) is 5.53. The highest BCUT2D eigenvalue weighted by Crippen LogP contribution is 2.28. The summed E-state index contributed by atoms with van der Waals surface area (Å²) in [7, 11) is 0. The van der Waals surface area contributed by atoms with Crippen molar-refractivity contribution in [3.63, 3.8) is 0 Å². The van der Waals surface area contributed by atoms with Crippen LogP contribution in [0.2, 0.25) is 0 Å². The summed E-state index contributed by atoms with van der Waals surface area (Å²) in [6, 6.07) is 8.15. The second-order valence-corrected chi connectivity index (χ2v) is 5.53. The van der Waals surface area contributed by atoms with E-state index in [2.05, 4.69) is 28.7 Å². The van der Waals surface area contributed by atoms with Gasteiger partial charge >= 0.3 is 5.97 Å². The number of nitrogens with one attached hydrogen (secondary N) is 1. The fraction of sp³-hybridized carbons (Fsp3) is 0.100. The Kier molecular flexibility index (Phi) is 4.66. The molecule has 2 N–H and O–H groups in total. The molecule has 0 aliphatic rings. The van der Waals surface area contributed by atoms with Crippen LogP contribution in [0.5, 0.6) is 0 Å². The molecule has 25 heavy (non-hydrogen) atoms. The highest BCUT2D eigenvalue weighted by molar-refractivity contribution is 6.07. The third-order valence-electron chi connectivity index (χ3n) is 3.87. The highest BCUT2D eigenvalue weighted by atomic mass is 16.5. The van der Waals surface area contributed by atoms with Gasteiger partial charge < -0.3 is 14.8 Å². The smallest absolute Gasteiger partial charge is 0.341 e. The number of fused-ring (bicyclic) bond motifs is 3. The van der Waals surface area contributed by atoms with Crippen molar-refractivity contribution in [1.29, 1.82) is 0 Å². The molecule has 0 aliphatic heterocycles. The number of aromatic amines is 1. The Bertz CT molecular complexity index is 1010. The summed E-state index contributed by atoms with van der Waals surface area (Å²) >= 11 is 0. The van der Waals surface area contributed by atoms with Crippen molar-refractivity contribution in [1.82, 2.24) is 9.97 Å². The molecule has 126 valence electrons. The molecule has 0 spiro atoms. The van der Waals surface area contributed by atoms with Crippen LogP contribution in [0, 0.1) is 0 Å². The lowest BCUT2D eigenvalue weighted by Gasteiger charge is -2.05. The van der Waals surface area contributed by atoms with E-state index in [0.717, 1.165) is 32.9 Å². The predicted octanol–water partition coefficient (Wildman–Crippen LogP) is 4.29. The first kappa shape index (κ1) is 16.5. The van der Waals surface area contributed by atoms with Crippen molar-refractivity contribution in [3.8, 4) is 0 Å². The number of carboxylic acids is 1. The van der Waals surface area contributed by atoms with Crippen molar-refractivity contribution in [2.45, 2.75) is 6.92 Å². The van der Waals surface area contributed by atoms with E-state index in [0.29, 0.717) is 5.76 Å². The first-order valence-electron chi connectivity index (χ1n) is 7.82. The number of ether oxygens (including phenoxy) is 1. The van der Waals surface area contributed by atoms with Gasteiger partial charge in [0.25, 0.3) is 0 Å². The monoisotopic (exact) mass is 334 g/mol. The van der Waals surface area contributed by atoms with Crippen LogP contribution in [0.1, 0.15) is 12.5 Å². The maximum Gasteiger partial charge on any atom is 0.341 e. The van der Waals surface area contributed by atoms with Gasteiger partial charge in [-0.25, -0.2) is 4.79 Å². The Labute approximate surface area is 145 Å². The van der Waals surface area contributed by atoms with Crippen molar-refractivity contribution in [3.05, 3.63) is 72.8 Å². The molecule has 0 amide bonds. The van der Waals surface area contributed by atoms with Crippen LogP contribution in [0.25, 0.3) is 27.4 Å². The number of nitrogens with zero attached hydrogens (tertiary/aromatic N) is 1. The molecule has 0 radical (unpaired) electrons. The minimum Gasteiger partial charge on any atom is -0.483 e. The lowest BCUT2D eigenvalue weighted by atomic mass is 10.0. The van der Waals surface area contributed by atoms with Crippen LogP contribution >= 0.6 is 0 Å². The van der Waals surface area contributed by atoms with E-state index in [9.17, 15) is 4.79 Å². The summed E-state index contributed by atoms with van der Waals surface area (Å²) in [5, 5.41) is 10.8. The molecule has 3 aromatic rings. The molecule has 0 bridgehead atoms. The van der Waals surface area contributed by atoms with E-state index in [1.165, 1.54) is 0 Å². The number of hydrogen-bond donors (Lipinski definition) is 2. The van der Waals surface area contributed by atoms with Crippen LogP contribution < -0.4 is 0 Å². The number of aromatic nitrogens is 2. The molecule has 0 saturated heterocycles. The van der Waals surface area contributed by atoms with E-state index in [1.54, 1.807) is 12.3 Å². The number of benzene rings is 1. The maximum atomic E-state index is 10.5. The predicted molar refractivity (Wildman–Crippen MR) is 99.1 cm³/mol. The fourth-order valence-corrected chi connectivity index (χ4v) is 2.67. The normalized spacial score (nSPS) is 12.1. The van der Waals surface area contributed by atoms with Crippen LogP contribution in [0.3, 0.4) is 0 Å². The number of carboxylic acid groups (broad SMARTS) is 1. The standard InChI is InChI=1S/C20H18N2O3/c1-3-14(5-4-13(2)25-12-20(23)24)15-6-7-16-17-11-21-9-8-18(17)22-19(16)10-15/h3-11,22H,2,12H2,1H3,(H,23,24)/b5-4-,14-3+. The van der Waals surface area contributed by atoms with Crippen molar-refractivity contribution < 1.29 is 14.6 Å². The number of hydrogen-bond acceptors (Lipinski definition) is 3. The quantitative estimate of drug-likeness (QED) is 0.521. The zero-order chi connectivity index (χ0) is 17.8. The molecule has 2 aromatic heterocycles. The Balaban J connectivity index is 1.87. The molecule has 0 unspecified atom stereocenters. The first-order chi connectivity index (χ1) is 12.1. The Morgan fingerprint density at radius 3 is 2.88 bits per heavy atom. The molecule has 5 heteroatoms. The second kappa shape index (κ2) is 7.05. The molecule has 0 aliphatic carbocycles. The molecule has 3 rings (SSSR count). The Hall–Kier alpha value is -3.34. The van der Waals surface area contributed by atoms with Gasteiger partial charge in [0.1, 0.15) is 5.76 Å². The van der Waals surface area contributed by atoms with E-state index in [1.807, 2.05) is 37.4 Å². The zero-order valence-electron chi connectivity index (χ0n) is 13.8. The van der Waals surface area contributed by atoms with E-state index < -0.39 is 12.6 Å². The number of carbonyl (C=O) groups is 1. The van der Waals surface area contributed by atoms with Crippen LogP contribution in [-0.2, 0) is 9.53 Å². The molecule has 0 atom stereocenters. The summed E-state index contributed by atoms with van der Waals surface area (Å²) in [5.41, 5.74) is 4.11. The van der Waals surface area contributed by atoms with Crippen molar-refractivity contribution in [2.24, 2.45) is 0 Å². The first-order valence-corrected chi connectivity index (χ1v) is 7.82. The molecule has 1 aromatic carbocycles. The summed E-state index contributed by atoms with van der Waals surface area (Å²) in [6.45, 7) is 5.24. The lowest BCUT2D eigenvalue weighted by Crippen LogP contribution is -2.05. The Morgan fingerprint density at radius 2 is 2.12 bits per heavy atom. The van der Waals surface area contributed by atoms with E-state index >= 15 is 0 Å². The highest BCUT2D eigenvalue weighted by Gasteiger charge is 2.06. The van der Waals surface area contributed by atoms with Gasteiger partial charge in [0.15, 0.2) is 6.61 Å². The number of pyridine rings is 1. The van der Waals surface area contributed by atoms with Crippen LogP contribution in [0.4, 0.5) is 0 Å². The van der Waals surface area contributed by atoms with Gasteiger partial charge in [-0.15, -0.1) is 0 Å². The number of H-pyrrole nitrogens is 1. The average molecular weight is 334 g/mol. The van der Waals surface area contributed by atoms with Gasteiger partial charge in [0, 0.05) is 34.2 Å². The van der Waals surface area contributed by atoms with Crippen molar-refractivity contribution >= 4 is 33.3 Å². The summed E-state index contributed by atoms with van der Waals surface area (Å²) < 4.78 is 5.02. The maximum absolute atomic E-state index is 10.5. The van der Waals surface area contributed by atoms with Gasteiger partial charge in [-0.3, -0.25) is 4.98 Å². The van der Waals surface area contributed by atoms with Crippen LogP contribution in [-0.4, -0.2) is 27.7 Å². The number of rotatable bonds is 6. The SMILES string of the molecule is C=C(/C=C\C(=C/C)c1ccc2c(c1)[nH]c1ccncc12)OCC(=O)O. The molecular weight excluding hydrogens is 316 g/mol. The Morgan fingerprint density at radius 1 is 1.28 bits per heavy atom. The number of aliphatic carboxylic acids is 1. The summed E-state index contributed by atoms with van der Waals surface area (Å²) in [4.78, 5) is 18.1. The van der Waals surface area contributed by atoms with Gasteiger partial charge in [0.2, 0.25) is 0 Å². The molecular formula is C20H18N2O3. The lowest BCUT2D eigenvalue weighted by molar-refractivity contribution is -0.140. The summed E-state index contributed by atoms with van der Waals surface area (Å²) in [5.74, 6) is -0.723. The fourth-order valence-electron chi connectivity index (χ4n) is 2.67. The van der Waals surface area contributed by atoms with Gasteiger partial charge in [-0.05, 0) is 36.3 Å². The van der Waals surface area contributed by atoms with Gasteiger partial charge in [-0.2, -0.15) is 0 Å². The third-order valence-corrected chi connectivity index (χ3v) is 3.87. The zero-order valence-corrected chi connectivity index (χ0v) is 13.8. The minimum absolute atomic E-state index is 0.305. The average Bonchev–Trinajstić information content (AvgIpc) is 2.98. The molecule has 0 saturated carbocycles. The molecule has 5 nitrogen and oxygen atoms in total. The topological polar surface area (TPSA) is 75.2 Å². The largest absolute Gasteiger partial charge is 0.483 e. The van der Waals surface area contributed by atoms with Crippen LogP contribution in [0.15, 0.2) is 67.2 Å². The molecule has 0 fully saturated rings. The van der Waals surface area contributed by atoms with Gasteiger partial charge in [-0.1, -0.05) is 30.9 Å². The third kappa shape index (κ3) is 3.61. The minimum atomic E-state index is -1.03. The molecule has 2 heterocycles. The van der Waals surface area contributed by atoms with E-state index in [4.69, 9.17) is 9.84 Å². The summed E-state index contributed by atoms with van der Waals surface area (Å²) in [6.07, 6.45) is 9.12. The van der Waals surface area contributed by atoms with E-state index in [-0.39, 0.29) is 0 Å². The number of allylic oxidation sites excluding steroid dienone is 4. The van der Waals surface area contributed by atoms with Crippen molar-refractivity contribution in [2.75, 3.05) is 6.61 Å².